The van der Waals surface area contributed by atoms with Gasteiger partial charge < -0.3 is 10.1 Å². The first-order valence-electron chi connectivity index (χ1n) is 8.06. The first kappa shape index (κ1) is 22.2. The van der Waals surface area contributed by atoms with Crippen LogP contribution < -0.4 is 61.7 Å². The van der Waals surface area contributed by atoms with Gasteiger partial charge in [0.1, 0.15) is 0 Å². The zero-order valence-corrected chi connectivity index (χ0v) is 16.2. The molecule has 116 valence electrons. The number of benzene rings is 3. The maximum absolute atomic E-state index is 13.2. The summed E-state index contributed by atoms with van der Waals surface area (Å²) in [4.78, 5) is 4.10. The maximum atomic E-state index is 13.2. The van der Waals surface area contributed by atoms with E-state index < -0.39 is 5.41 Å². The van der Waals surface area contributed by atoms with Gasteiger partial charge in [-0.15, -0.1) is 11.1 Å². The van der Waals surface area contributed by atoms with Crippen LogP contribution >= 0.6 is 0 Å². The molecule has 0 unspecified atom stereocenters. The molecule has 0 fully saturated rings. The molecule has 0 saturated heterocycles. The predicted octanol–water partition coefficient (Wildman–Crippen LogP) is -6.17. The second-order valence-electron chi connectivity index (χ2n) is 6.30. The smallest absolute Gasteiger partial charge is 0.861 e. The van der Waals surface area contributed by atoms with Crippen LogP contribution in [0.4, 0.5) is 0 Å². The molecule has 5 heteroatoms. The second kappa shape index (κ2) is 8.12. The van der Waals surface area contributed by atoms with E-state index in [2.05, 4.69) is 41.4 Å². The molecular weight excluding hydrogens is 315 g/mol. The van der Waals surface area contributed by atoms with Crippen LogP contribution in [0.25, 0.3) is 0 Å². The summed E-state index contributed by atoms with van der Waals surface area (Å²) in [5.41, 5.74) is 5.45. The molecule has 0 heterocycles. The Labute approximate surface area is 196 Å². The van der Waals surface area contributed by atoms with Crippen LogP contribution in [0.2, 0.25) is 0 Å². The van der Waals surface area contributed by atoms with Gasteiger partial charge in [0.2, 0.25) is 0 Å². The van der Waals surface area contributed by atoms with E-state index in [0.29, 0.717) is 0 Å². The van der Waals surface area contributed by atoms with Crippen LogP contribution in [0.15, 0.2) is 65.7 Å². The fourth-order valence-electron chi connectivity index (χ4n) is 4.51. The van der Waals surface area contributed by atoms with E-state index in [4.69, 9.17) is 0 Å². The number of hydrogen-bond acceptors (Lipinski definition) is 2. The second-order valence-corrected chi connectivity index (χ2v) is 6.30. The van der Waals surface area contributed by atoms with Gasteiger partial charge in [0.25, 0.3) is 0 Å². The van der Waals surface area contributed by atoms with Crippen molar-refractivity contribution in [2.45, 2.75) is 11.3 Å². The fourth-order valence-corrected chi connectivity index (χ4v) is 4.51. The zero-order valence-electron chi connectivity index (χ0n) is 16.2. The summed E-state index contributed by atoms with van der Waals surface area (Å²) in [7, 11) is 1.58. The van der Waals surface area contributed by atoms with E-state index in [1.807, 2.05) is 36.4 Å². The Kier molecular flexibility index (Phi) is 6.68. The first-order valence-corrected chi connectivity index (χ1v) is 8.06. The van der Waals surface area contributed by atoms with Gasteiger partial charge in [-0.05, 0) is 11.5 Å². The van der Waals surface area contributed by atoms with Crippen molar-refractivity contribution in [2.75, 3.05) is 7.05 Å². The molecule has 6 rings (SSSR count). The summed E-state index contributed by atoms with van der Waals surface area (Å²) < 4.78 is 0. The van der Waals surface area contributed by atoms with Gasteiger partial charge in [-0.2, -0.15) is 59.7 Å². The van der Waals surface area contributed by atoms with Crippen molar-refractivity contribution >= 4 is 5.90 Å². The molecule has 0 aliphatic heterocycles. The van der Waals surface area contributed by atoms with Crippen molar-refractivity contribution in [3.05, 3.63) is 106 Å². The maximum Gasteiger partial charge on any atom is 1.00 e. The van der Waals surface area contributed by atoms with Crippen LogP contribution in [0.5, 0.6) is 0 Å². The van der Waals surface area contributed by atoms with E-state index >= 15 is 0 Å². The molecule has 0 radical (unpaired) electrons. The topological polar surface area (TPSA) is 35.4 Å². The normalized spacial score (nSPS) is 20.8. The van der Waals surface area contributed by atoms with Gasteiger partial charge >= 0.3 is 56.6 Å². The largest absolute Gasteiger partial charge is 1.00 e. The molecule has 0 saturated carbocycles. The fraction of sp³-hybridized carbons (Fsp3) is 0.136. The van der Waals surface area contributed by atoms with Crippen molar-refractivity contribution in [3.63, 3.8) is 0 Å². The first-order chi connectivity index (χ1) is 11.8. The molecule has 3 aromatic carbocycles. The Bertz CT molecular complexity index is 900. The summed E-state index contributed by atoms with van der Waals surface area (Å²) in [5.74, 6) is -0.0202. The van der Waals surface area contributed by atoms with Crippen molar-refractivity contribution < 1.29 is 61.7 Å². The Hall–Kier alpha value is -1.08. The molecule has 0 amide bonds. The summed E-state index contributed by atoms with van der Waals surface area (Å²) in [6.45, 7) is 0. The van der Waals surface area contributed by atoms with E-state index in [-0.39, 0.29) is 68.4 Å². The average molecular weight is 329 g/mol. The third-order valence-electron chi connectivity index (χ3n) is 5.35. The van der Waals surface area contributed by atoms with Crippen molar-refractivity contribution in [3.8, 4) is 0 Å². The van der Waals surface area contributed by atoms with Crippen LogP contribution in [0, 0.1) is 12.1 Å². The molecule has 0 atom stereocenters. The number of aliphatic imine (C=N–C) groups is 1. The van der Waals surface area contributed by atoms with Gasteiger partial charge in [-0.3, -0.25) is 0 Å². The Morgan fingerprint density at radius 3 is 1.93 bits per heavy atom. The molecule has 3 aliphatic carbocycles. The monoisotopic (exact) mass is 329 g/mol. The summed E-state index contributed by atoms with van der Waals surface area (Å²) >= 11 is 0. The molecule has 3 aliphatic rings. The summed E-state index contributed by atoms with van der Waals surface area (Å²) in [6.07, 6.45) is 0. The Balaban J connectivity index is 0.000000871. The van der Waals surface area contributed by atoms with Gasteiger partial charge in [-0.25, -0.2) is 0 Å². The molecule has 3 aromatic rings. The predicted molar refractivity (Wildman–Crippen MR) is 91.2 cm³/mol. The molecule has 27 heavy (non-hydrogen) atoms. The van der Waals surface area contributed by atoms with E-state index in [9.17, 15) is 5.11 Å². The quantitative estimate of drug-likeness (QED) is 0.189. The number of nitrogens with zero attached hydrogens (tertiary/aromatic N) is 1. The van der Waals surface area contributed by atoms with E-state index in [0.717, 1.165) is 27.8 Å². The van der Waals surface area contributed by atoms with Gasteiger partial charge in [0.15, 0.2) is 0 Å². The van der Waals surface area contributed by atoms with E-state index in [1.165, 1.54) is 5.56 Å². The number of rotatable bonds is 1. The Morgan fingerprint density at radius 2 is 1.37 bits per heavy atom. The average Bonchev–Trinajstić information content (AvgIpc) is 2.67. The zero-order chi connectivity index (χ0) is 16.3. The third kappa shape index (κ3) is 2.68. The standard InChI is InChI=1S/C22H15NO.3Li/c1-23-21(24)22-17-11-5-2-8-14(17)20(15-9-3-6-12-18(15)22)16-10-4-7-13-19(16)22;;;/h2-11,20H,1H3,(H,23,24);;;/q-2;3*+1/p-1. The summed E-state index contributed by atoms with van der Waals surface area (Å²) in [5, 5.41) is 13.2. The van der Waals surface area contributed by atoms with Crippen LogP contribution in [0.1, 0.15) is 39.3 Å². The minimum atomic E-state index is -0.923. The summed E-state index contributed by atoms with van der Waals surface area (Å²) in [6, 6.07) is 26.9. The third-order valence-corrected chi connectivity index (χ3v) is 5.35. The van der Waals surface area contributed by atoms with Gasteiger partial charge in [0.05, 0.1) is 0 Å². The molecule has 0 N–H and O–H groups in total. The molecule has 2 nitrogen and oxygen atoms in total. The van der Waals surface area contributed by atoms with Gasteiger partial charge in [-0.1, -0.05) is 35.7 Å². The molecule has 2 bridgehead atoms. The molecule has 0 spiro atoms. The molecule has 0 aromatic heterocycles. The van der Waals surface area contributed by atoms with E-state index in [1.54, 1.807) is 7.05 Å². The Morgan fingerprint density at radius 1 is 0.852 bits per heavy atom. The van der Waals surface area contributed by atoms with Crippen LogP contribution in [-0.4, -0.2) is 12.9 Å². The minimum absolute atomic E-state index is 0. The van der Waals surface area contributed by atoms with Crippen LogP contribution in [0.3, 0.4) is 0 Å². The van der Waals surface area contributed by atoms with Crippen molar-refractivity contribution in [1.29, 1.82) is 0 Å². The number of hydrogen-bond donors (Lipinski definition) is 0. The van der Waals surface area contributed by atoms with Crippen LogP contribution in [-0.2, 0) is 5.41 Å². The molecular formula is C22H14Li3NO. The SMILES string of the molecule is CN=C([O-])C12c3[c-]cccc3C(c3ccc[c-]c31)c1ccccc12.[Li+].[Li+].[Li+]. The van der Waals surface area contributed by atoms with Crippen molar-refractivity contribution in [1.82, 2.24) is 0 Å². The van der Waals surface area contributed by atoms with Crippen molar-refractivity contribution in [2.24, 2.45) is 4.99 Å². The minimum Gasteiger partial charge on any atom is -0.861 e. The van der Waals surface area contributed by atoms with Gasteiger partial charge in [0, 0.05) is 12.5 Å².